The molecule has 0 fully saturated rings. The van der Waals surface area contributed by atoms with E-state index in [2.05, 4.69) is 5.32 Å². The lowest BCUT2D eigenvalue weighted by atomic mass is 10.0. The third kappa shape index (κ3) is 5.02. The minimum Gasteiger partial charge on any atom is -0.480 e. The van der Waals surface area contributed by atoms with Crippen molar-refractivity contribution in [2.75, 3.05) is 0 Å². The fourth-order valence-corrected chi connectivity index (χ4v) is 2.34. The molecule has 0 saturated carbocycles. The number of aliphatic carboxylic acids is 1. The number of benzene rings is 2. The van der Waals surface area contributed by atoms with Crippen LogP contribution in [0.2, 0.25) is 0 Å². The Morgan fingerprint density at radius 2 is 1.86 bits per heavy atom. The predicted octanol–water partition coefficient (Wildman–Crippen LogP) is 3.18. The number of carboxylic acid groups (broad SMARTS) is 1. The summed E-state index contributed by atoms with van der Waals surface area (Å²) in [5, 5.41) is 22.1. The molecule has 2 aromatic rings. The van der Waals surface area contributed by atoms with Gasteiger partial charge >= 0.3 is 17.8 Å². The Labute approximate surface area is 154 Å². The molecular formula is C17H12F4N2O5. The molecule has 0 radical (unpaired) electrons. The Morgan fingerprint density at radius 3 is 2.43 bits per heavy atom. The van der Waals surface area contributed by atoms with Crippen molar-refractivity contribution in [1.82, 2.24) is 5.32 Å². The number of nitro benzene ring substituents is 1. The molecule has 2 N–H and O–H groups in total. The van der Waals surface area contributed by atoms with Crippen LogP contribution in [0.25, 0.3) is 0 Å². The highest BCUT2D eigenvalue weighted by molar-refractivity contribution is 5.96. The number of halogens is 4. The van der Waals surface area contributed by atoms with E-state index in [4.69, 9.17) is 0 Å². The number of nitro groups is 1. The third-order valence-corrected chi connectivity index (χ3v) is 3.70. The predicted molar refractivity (Wildman–Crippen MR) is 87.1 cm³/mol. The van der Waals surface area contributed by atoms with Crippen molar-refractivity contribution in [1.29, 1.82) is 0 Å². The Balaban J connectivity index is 2.22. The third-order valence-electron chi connectivity index (χ3n) is 3.70. The number of nitrogens with one attached hydrogen (secondary N) is 1. The van der Waals surface area contributed by atoms with Crippen LogP contribution in [-0.4, -0.2) is 27.9 Å². The van der Waals surface area contributed by atoms with Crippen LogP contribution < -0.4 is 5.32 Å². The van der Waals surface area contributed by atoms with Gasteiger partial charge in [-0.05, 0) is 29.8 Å². The molecule has 0 bridgehead atoms. The molecule has 0 aromatic heterocycles. The first-order valence-electron chi connectivity index (χ1n) is 7.63. The van der Waals surface area contributed by atoms with Crippen LogP contribution in [0.5, 0.6) is 0 Å². The molecule has 0 aliphatic heterocycles. The largest absolute Gasteiger partial charge is 0.480 e. The van der Waals surface area contributed by atoms with E-state index >= 15 is 0 Å². The summed E-state index contributed by atoms with van der Waals surface area (Å²) in [7, 11) is 0. The summed E-state index contributed by atoms with van der Waals surface area (Å²) in [6, 6.07) is 4.49. The van der Waals surface area contributed by atoms with E-state index in [-0.39, 0.29) is 5.56 Å². The average molecular weight is 400 g/mol. The Kier molecular flexibility index (Phi) is 5.96. The lowest BCUT2D eigenvalue weighted by Crippen LogP contribution is -2.42. The van der Waals surface area contributed by atoms with Gasteiger partial charge in [0.2, 0.25) is 5.82 Å². The van der Waals surface area contributed by atoms with E-state index in [9.17, 15) is 42.4 Å². The van der Waals surface area contributed by atoms with Crippen molar-refractivity contribution >= 4 is 17.6 Å². The topological polar surface area (TPSA) is 110 Å². The van der Waals surface area contributed by atoms with E-state index in [1.165, 1.54) is 0 Å². The van der Waals surface area contributed by atoms with Crippen molar-refractivity contribution in [3.8, 4) is 0 Å². The van der Waals surface area contributed by atoms with Crippen LogP contribution in [0.1, 0.15) is 21.5 Å². The van der Waals surface area contributed by atoms with Gasteiger partial charge in [0, 0.05) is 18.1 Å². The smallest absolute Gasteiger partial charge is 0.416 e. The fourth-order valence-electron chi connectivity index (χ4n) is 2.34. The van der Waals surface area contributed by atoms with Gasteiger partial charge in [0.15, 0.2) is 0 Å². The maximum atomic E-state index is 13.4. The second kappa shape index (κ2) is 8.03. The normalized spacial score (nSPS) is 12.3. The first-order chi connectivity index (χ1) is 13.0. The number of rotatable bonds is 6. The first kappa shape index (κ1) is 20.8. The van der Waals surface area contributed by atoms with Gasteiger partial charge in [0.1, 0.15) is 6.04 Å². The summed E-state index contributed by atoms with van der Waals surface area (Å²) >= 11 is 0. The number of carbonyl (C=O) groups excluding carboxylic acids is 1. The lowest BCUT2D eigenvalue weighted by molar-refractivity contribution is -0.387. The molecular weight excluding hydrogens is 388 g/mol. The number of amides is 1. The van der Waals surface area contributed by atoms with Crippen LogP contribution in [0.4, 0.5) is 23.2 Å². The molecule has 2 rings (SSSR count). The van der Waals surface area contributed by atoms with Crippen LogP contribution in [0, 0.1) is 15.9 Å². The van der Waals surface area contributed by atoms with Gasteiger partial charge in [-0.2, -0.15) is 17.6 Å². The van der Waals surface area contributed by atoms with Crippen LogP contribution in [-0.2, 0) is 17.4 Å². The van der Waals surface area contributed by atoms with E-state index < -0.39 is 58.1 Å². The minimum absolute atomic E-state index is 0.0462. The van der Waals surface area contributed by atoms with Crippen molar-refractivity contribution in [2.45, 2.75) is 18.6 Å². The second-order valence-electron chi connectivity index (χ2n) is 5.69. The van der Waals surface area contributed by atoms with E-state index in [0.717, 1.165) is 36.4 Å². The molecule has 7 nitrogen and oxygen atoms in total. The quantitative estimate of drug-likeness (QED) is 0.440. The minimum atomic E-state index is -4.68. The zero-order valence-electron chi connectivity index (χ0n) is 13.9. The van der Waals surface area contributed by atoms with Crippen molar-refractivity contribution < 1.29 is 37.2 Å². The maximum Gasteiger partial charge on any atom is 0.416 e. The summed E-state index contributed by atoms with van der Waals surface area (Å²) in [5.41, 5.74) is -2.32. The van der Waals surface area contributed by atoms with Gasteiger partial charge in [0.25, 0.3) is 5.91 Å². The van der Waals surface area contributed by atoms with Gasteiger partial charge in [-0.15, -0.1) is 0 Å². The van der Waals surface area contributed by atoms with Crippen molar-refractivity contribution in [2.24, 2.45) is 0 Å². The van der Waals surface area contributed by atoms with Crippen LogP contribution >= 0.6 is 0 Å². The number of hydrogen-bond donors (Lipinski definition) is 2. The van der Waals surface area contributed by atoms with Crippen molar-refractivity contribution in [3.63, 3.8) is 0 Å². The molecule has 2 aromatic carbocycles. The Bertz CT molecular complexity index is 930. The van der Waals surface area contributed by atoms with Crippen LogP contribution in [0.3, 0.4) is 0 Å². The zero-order valence-corrected chi connectivity index (χ0v) is 13.9. The van der Waals surface area contributed by atoms with Crippen molar-refractivity contribution in [3.05, 3.63) is 75.1 Å². The molecule has 0 unspecified atom stereocenters. The molecule has 0 aliphatic rings. The Hall–Kier alpha value is -3.50. The zero-order chi connectivity index (χ0) is 21.1. The van der Waals surface area contributed by atoms with Gasteiger partial charge < -0.3 is 10.4 Å². The molecule has 148 valence electrons. The molecule has 0 aliphatic carbocycles. The number of alkyl halides is 3. The highest BCUT2D eigenvalue weighted by atomic mass is 19.4. The highest BCUT2D eigenvalue weighted by Gasteiger charge is 2.31. The molecule has 1 atom stereocenters. The van der Waals surface area contributed by atoms with E-state index in [0.29, 0.717) is 6.07 Å². The molecule has 11 heteroatoms. The number of carboxylic acids is 1. The van der Waals surface area contributed by atoms with E-state index in [1.54, 1.807) is 0 Å². The standard InChI is InChI=1S/C17H12F4N2O5/c18-12-5-4-9(7-14(12)23(27)28)6-13(16(25)26)22-15(24)10-2-1-3-11(8-10)17(19,20)21/h1-5,7-8,13H,6H2,(H,22,24)(H,25,26)/t13-/m0/s1. The van der Waals surface area contributed by atoms with E-state index in [1.807, 2.05) is 0 Å². The molecule has 0 heterocycles. The monoisotopic (exact) mass is 400 g/mol. The summed E-state index contributed by atoms with van der Waals surface area (Å²) < 4.78 is 51.6. The maximum absolute atomic E-state index is 13.4. The summed E-state index contributed by atoms with van der Waals surface area (Å²) in [6.45, 7) is 0. The number of nitrogens with zero attached hydrogens (tertiary/aromatic N) is 1. The van der Waals surface area contributed by atoms with Gasteiger partial charge in [-0.1, -0.05) is 12.1 Å². The second-order valence-corrected chi connectivity index (χ2v) is 5.69. The molecule has 0 spiro atoms. The lowest BCUT2D eigenvalue weighted by Gasteiger charge is -2.15. The molecule has 28 heavy (non-hydrogen) atoms. The van der Waals surface area contributed by atoms with Gasteiger partial charge in [-0.25, -0.2) is 4.79 Å². The first-order valence-corrected chi connectivity index (χ1v) is 7.63. The average Bonchev–Trinajstić information content (AvgIpc) is 2.61. The highest BCUT2D eigenvalue weighted by Crippen LogP contribution is 2.29. The van der Waals surface area contributed by atoms with Crippen LogP contribution in [0.15, 0.2) is 42.5 Å². The summed E-state index contributed by atoms with van der Waals surface area (Å²) in [6.07, 6.45) is -5.13. The molecule has 1 amide bonds. The number of hydrogen-bond acceptors (Lipinski definition) is 4. The summed E-state index contributed by atoms with van der Waals surface area (Å²) in [4.78, 5) is 33.3. The fraction of sp³-hybridized carbons (Fsp3) is 0.176. The summed E-state index contributed by atoms with van der Waals surface area (Å²) in [5.74, 6) is -3.71. The number of carbonyl (C=O) groups is 2. The Morgan fingerprint density at radius 1 is 1.18 bits per heavy atom. The SMILES string of the molecule is O=C(N[C@@H](Cc1ccc(F)c([N+](=O)[O-])c1)C(=O)O)c1cccc(C(F)(F)F)c1. The molecule has 0 saturated heterocycles. The van der Waals surface area contributed by atoms with Gasteiger partial charge in [-0.3, -0.25) is 14.9 Å². The van der Waals surface area contributed by atoms with Gasteiger partial charge in [0.05, 0.1) is 10.5 Å².